The van der Waals surface area contributed by atoms with E-state index in [-0.39, 0.29) is 5.91 Å². The molecule has 23 heavy (non-hydrogen) atoms. The van der Waals surface area contributed by atoms with Gasteiger partial charge in [0.1, 0.15) is 5.82 Å². The fraction of sp³-hybridized carbons (Fsp3) is 0.333. The Labute approximate surface area is 145 Å². The van der Waals surface area contributed by atoms with Gasteiger partial charge in [-0.1, -0.05) is 6.07 Å². The molecule has 0 bridgehead atoms. The van der Waals surface area contributed by atoms with Crippen molar-refractivity contribution in [3.63, 3.8) is 0 Å². The van der Waals surface area contributed by atoms with Crippen LogP contribution in [0.1, 0.15) is 35.2 Å². The molecule has 0 saturated carbocycles. The van der Waals surface area contributed by atoms with Gasteiger partial charge in [0.05, 0.1) is 11.3 Å². The molecule has 0 unspecified atom stereocenters. The molecule has 0 spiro atoms. The van der Waals surface area contributed by atoms with Gasteiger partial charge in [-0.3, -0.25) is 4.79 Å². The van der Waals surface area contributed by atoms with E-state index in [1.54, 1.807) is 6.20 Å². The third-order valence-corrected chi connectivity index (χ3v) is 4.70. The van der Waals surface area contributed by atoms with Gasteiger partial charge in [-0.15, -0.1) is 0 Å². The van der Waals surface area contributed by atoms with Crippen molar-refractivity contribution in [2.24, 2.45) is 0 Å². The summed E-state index contributed by atoms with van der Waals surface area (Å²) in [5.41, 5.74) is 2.80. The molecular weight excluding hydrogens is 354 g/mol. The van der Waals surface area contributed by atoms with Crippen LogP contribution >= 0.6 is 15.9 Å². The number of halogens is 1. The number of carbonyl (C=O) groups excluding carboxylic acids is 1. The average molecular weight is 374 g/mol. The molecule has 4 nitrogen and oxygen atoms in total. The highest BCUT2D eigenvalue weighted by molar-refractivity contribution is 9.10. The van der Waals surface area contributed by atoms with Crippen molar-refractivity contribution < 1.29 is 4.79 Å². The largest absolute Gasteiger partial charge is 0.339 e. The van der Waals surface area contributed by atoms with Crippen LogP contribution in [-0.4, -0.2) is 28.9 Å². The molecule has 1 saturated heterocycles. The van der Waals surface area contributed by atoms with E-state index in [0.29, 0.717) is 5.56 Å². The van der Waals surface area contributed by atoms with E-state index in [4.69, 9.17) is 0 Å². The standard InChI is InChI=1S/C18H20BrN3O/c1-13-5-7-16(15(19)11-13)21-17-8-6-14(12-20-17)18(23)22-9-3-2-4-10-22/h5-8,11-12H,2-4,9-10H2,1H3,(H,20,21). The predicted molar refractivity (Wildman–Crippen MR) is 96.2 cm³/mol. The zero-order chi connectivity index (χ0) is 16.2. The van der Waals surface area contributed by atoms with Crippen molar-refractivity contribution in [1.29, 1.82) is 0 Å². The van der Waals surface area contributed by atoms with Gasteiger partial charge in [-0.25, -0.2) is 4.98 Å². The summed E-state index contributed by atoms with van der Waals surface area (Å²) in [6.45, 7) is 3.76. The van der Waals surface area contributed by atoms with Crippen molar-refractivity contribution in [2.75, 3.05) is 18.4 Å². The summed E-state index contributed by atoms with van der Waals surface area (Å²) in [4.78, 5) is 18.7. The molecule has 0 atom stereocenters. The third-order valence-electron chi connectivity index (χ3n) is 4.04. The van der Waals surface area contributed by atoms with E-state index in [2.05, 4.69) is 32.3 Å². The minimum absolute atomic E-state index is 0.0836. The van der Waals surface area contributed by atoms with Crippen LogP contribution < -0.4 is 5.32 Å². The third kappa shape index (κ3) is 3.91. The van der Waals surface area contributed by atoms with Crippen LogP contribution in [0.4, 0.5) is 11.5 Å². The van der Waals surface area contributed by atoms with Gasteiger partial charge < -0.3 is 10.2 Å². The molecule has 1 amide bonds. The number of pyridine rings is 1. The number of hydrogen-bond donors (Lipinski definition) is 1. The van der Waals surface area contributed by atoms with E-state index in [1.165, 1.54) is 12.0 Å². The smallest absolute Gasteiger partial charge is 0.255 e. The maximum absolute atomic E-state index is 12.4. The molecule has 120 valence electrons. The molecule has 5 heteroatoms. The van der Waals surface area contributed by atoms with Gasteiger partial charge in [0.2, 0.25) is 0 Å². The second-order valence-electron chi connectivity index (χ2n) is 5.89. The lowest BCUT2D eigenvalue weighted by Crippen LogP contribution is -2.35. The molecule has 1 aromatic heterocycles. The number of benzene rings is 1. The highest BCUT2D eigenvalue weighted by Gasteiger charge is 2.18. The van der Waals surface area contributed by atoms with Gasteiger partial charge in [0.15, 0.2) is 0 Å². The SMILES string of the molecule is Cc1ccc(Nc2ccc(C(=O)N3CCCCC3)cn2)c(Br)c1. The number of likely N-dealkylation sites (tertiary alicyclic amines) is 1. The Kier molecular flexibility index (Phi) is 4.96. The number of hydrogen-bond acceptors (Lipinski definition) is 3. The molecule has 2 heterocycles. The molecule has 1 aromatic carbocycles. The lowest BCUT2D eigenvalue weighted by atomic mass is 10.1. The Hall–Kier alpha value is -1.88. The monoisotopic (exact) mass is 373 g/mol. The number of nitrogens with one attached hydrogen (secondary N) is 1. The van der Waals surface area contributed by atoms with E-state index in [9.17, 15) is 4.79 Å². The number of nitrogens with zero attached hydrogens (tertiary/aromatic N) is 2. The molecule has 1 aliphatic rings. The van der Waals surface area contributed by atoms with Crippen LogP contribution in [0, 0.1) is 6.92 Å². The van der Waals surface area contributed by atoms with Crippen LogP contribution in [0.5, 0.6) is 0 Å². The minimum atomic E-state index is 0.0836. The Morgan fingerprint density at radius 3 is 2.61 bits per heavy atom. The van der Waals surface area contributed by atoms with Crippen LogP contribution in [0.15, 0.2) is 41.0 Å². The van der Waals surface area contributed by atoms with E-state index < -0.39 is 0 Å². The van der Waals surface area contributed by atoms with Crippen molar-refractivity contribution in [1.82, 2.24) is 9.88 Å². The first-order valence-electron chi connectivity index (χ1n) is 7.92. The lowest BCUT2D eigenvalue weighted by molar-refractivity contribution is 0.0724. The second-order valence-corrected chi connectivity index (χ2v) is 6.75. The first-order chi connectivity index (χ1) is 11.1. The summed E-state index contributed by atoms with van der Waals surface area (Å²) in [7, 11) is 0. The molecule has 1 fully saturated rings. The maximum atomic E-state index is 12.4. The number of aryl methyl sites for hydroxylation is 1. The fourth-order valence-corrected chi connectivity index (χ4v) is 3.33. The normalized spacial score (nSPS) is 14.6. The summed E-state index contributed by atoms with van der Waals surface area (Å²) in [5.74, 6) is 0.810. The van der Waals surface area contributed by atoms with Crippen molar-refractivity contribution in [2.45, 2.75) is 26.2 Å². The molecule has 0 aliphatic carbocycles. The number of carbonyl (C=O) groups is 1. The highest BCUT2D eigenvalue weighted by Crippen LogP contribution is 2.26. The summed E-state index contributed by atoms with van der Waals surface area (Å²) < 4.78 is 0.993. The summed E-state index contributed by atoms with van der Waals surface area (Å²) in [6, 6.07) is 9.80. The lowest BCUT2D eigenvalue weighted by Gasteiger charge is -2.26. The molecule has 3 rings (SSSR count). The van der Waals surface area contributed by atoms with Crippen molar-refractivity contribution in [3.05, 3.63) is 52.1 Å². The minimum Gasteiger partial charge on any atom is -0.339 e. The summed E-state index contributed by atoms with van der Waals surface area (Å²) in [5, 5.41) is 3.26. The topological polar surface area (TPSA) is 45.2 Å². The number of anilines is 2. The number of amides is 1. The molecule has 0 radical (unpaired) electrons. The highest BCUT2D eigenvalue weighted by atomic mass is 79.9. The summed E-state index contributed by atoms with van der Waals surface area (Å²) >= 11 is 3.54. The molecular formula is C18H20BrN3O. The first kappa shape index (κ1) is 16.0. The molecule has 2 aromatic rings. The molecule has 1 N–H and O–H groups in total. The zero-order valence-corrected chi connectivity index (χ0v) is 14.8. The Morgan fingerprint density at radius 1 is 1.17 bits per heavy atom. The fourth-order valence-electron chi connectivity index (χ4n) is 2.73. The van der Waals surface area contributed by atoms with Gasteiger partial charge in [0.25, 0.3) is 5.91 Å². The molecule has 1 aliphatic heterocycles. The van der Waals surface area contributed by atoms with Gasteiger partial charge in [-0.2, -0.15) is 0 Å². The number of piperidine rings is 1. The van der Waals surface area contributed by atoms with Crippen LogP contribution in [-0.2, 0) is 0 Å². The van der Waals surface area contributed by atoms with Crippen LogP contribution in [0.2, 0.25) is 0 Å². The Morgan fingerprint density at radius 2 is 1.96 bits per heavy atom. The second kappa shape index (κ2) is 7.13. The maximum Gasteiger partial charge on any atom is 0.255 e. The van der Waals surface area contributed by atoms with Crippen LogP contribution in [0.25, 0.3) is 0 Å². The van der Waals surface area contributed by atoms with E-state index in [1.807, 2.05) is 36.1 Å². The van der Waals surface area contributed by atoms with Crippen LogP contribution in [0.3, 0.4) is 0 Å². The Bertz CT molecular complexity index is 694. The number of rotatable bonds is 3. The average Bonchev–Trinajstić information content (AvgIpc) is 2.58. The zero-order valence-electron chi connectivity index (χ0n) is 13.2. The summed E-state index contributed by atoms with van der Waals surface area (Å²) in [6.07, 6.45) is 5.07. The van der Waals surface area contributed by atoms with Crippen molar-refractivity contribution >= 4 is 33.3 Å². The van der Waals surface area contributed by atoms with Gasteiger partial charge >= 0.3 is 0 Å². The quantitative estimate of drug-likeness (QED) is 0.859. The first-order valence-corrected chi connectivity index (χ1v) is 8.71. The van der Waals surface area contributed by atoms with E-state index >= 15 is 0 Å². The van der Waals surface area contributed by atoms with E-state index in [0.717, 1.165) is 41.9 Å². The number of aromatic nitrogens is 1. The Balaban J connectivity index is 1.70. The van der Waals surface area contributed by atoms with Crippen molar-refractivity contribution in [3.8, 4) is 0 Å². The van der Waals surface area contributed by atoms with Gasteiger partial charge in [0, 0.05) is 23.8 Å². The van der Waals surface area contributed by atoms with Gasteiger partial charge in [-0.05, 0) is 71.9 Å². The predicted octanol–water partition coefficient (Wildman–Crippen LogP) is 4.52.